The van der Waals surface area contributed by atoms with Crippen molar-refractivity contribution in [3.8, 4) is 0 Å². The summed E-state index contributed by atoms with van der Waals surface area (Å²) in [5.41, 5.74) is 0.971. The highest BCUT2D eigenvalue weighted by molar-refractivity contribution is 7.89. The van der Waals surface area contributed by atoms with Crippen molar-refractivity contribution in [2.75, 3.05) is 6.54 Å². The molecule has 160 valence electrons. The van der Waals surface area contributed by atoms with Crippen molar-refractivity contribution >= 4 is 28.1 Å². The third-order valence-electron chi connectivity index (χ3n) is 4.57. The van der Waals surface area contributed by atoms with Crippen LogP contribution in [-0.4, -0.2) is 35.6 Å². The fourth-order valence-electron chi connectivity index (χ4n) is 2.93. The number of aryl methyl sites for hydroxylation is 1. The monoisotopic (exact) mass is 449 g/mol. The molecule has 0 spiro atoms. The molecule has 0 saturated carbocycles. The first-order chi connectivity index (χ1) is 14.3. The zero-order valence-electron chi connectivity index (χ0n) is 16.6. The van der Waals surface area contributed by atoms with Gasteiger partial charge in [0.2, 0.25) is 10.0 Å². The molecule has 0 fully saturated rings. The molecule has 11 heteroatoms. The molecule has 0 atom stereocenters. The highest BCUT2D eigenvalue weighted by Crippen LogP contribution is 2.16. The highest BCUT2D eigenvalue weighted by Gasteiger charge is 2.18. The molecule has 0 unspecified atom stereocenters. The molecule has 0 aliphatic carbocycles. The van der Waals surface area contributed by atoms with E-state index in [1.807, 2.05) is 11.5 Å². The fraction of sp³-hybridized carbons (Fsp3) is 0.316. The van der Waals surface area contributed by atoms with E-state index in [-0.39, 0.29) is 17.3 Å². The van der Waals surface area contributed by atoms with Crippen molar-refractivity contribution in [3.05, 3.63) is 64.1 Å². The van der Waals surface area contributed by atoms with Crippen LogP contribution in [0.25, 0.3) is 0 Å². The molecule has 2 aromatic heterocycles. The van der Waals surface area contributed by atoms with E-state index in [9.17, 15) is 13.2 Å². The lowest BCUT2D eigenvalue weighted by molar-refractivity contribution is 0.0953. The minimum Gasteiger partial charge on any atom is -0.468 e. The Morgan fingerprint density at radius 3 is 2.83 bits per heavy atom. The van der Waals surface area contributed by atoms with Crippen LogP contribution in [0, 0.1) is 11.7 Å². The molecule has 9 nitrogen and oxygen atoms in total. The van der Waals surface area contributed by atoms with E-state index in [0.29, 0.717) is 41.2 Å². The third kappa shape index (κ3) is 5.04. The van der Waals surface area contributed by atoms with Crippen molar-refractivity contribution in [2.45, 2.75) is 38.3 Å². The van der Waals surface area contributed by atoms with E-state index in [2.05, 4.69) is 20.2 Å². The van der Waals surface area contributed by atoms with Gasteiger partial charge in [0, 0.05) is 25.1 Å². The molecular weight excluding hydrogens is 426 g/mol. The second-order valence-corrected chi connectivity index (χ2v) is 8.73. The molecular formula is C19H23N5O4S2. The van der Waals surface area contributed by atoms with Crippen LogP contribution < -0.4 is 10.0 Å². The average Bonchev–Trinajstić information content (AvgIpc) is 3.36. The molecule has 30 heavy (non-hydrogen) atoms. The molecule has 0 aliphatic rings. The second kappa shape index (κ2) is 9.37. The predicted molar refractivity (Wildman–Crippen MR) is 113 cm³/mol. The van der Waals surface area contributed by atoms with Crippen LogP contribution in [0.15, 0.2) is 45.9 Å². The summed E-state index contributed by atoms with van der Waals surface area (Å²) < 4.78 is 35.1. The lowest BCUT2D eigenvalue weighted by Gasteiger charge is -2.11. The summed E-state index contributed by atoms with van der Waals surface area (Å²) in [5, 5.41) is 9.71. The van der Waals surface area contributed by atoms with E-state index in [0.717, 1.165) is 5.82 Å². The maximum absolute atomic E-state index is 12.6. The predicted octanol–water partition coefficient (Wildman–Crippen LogP) is 2.31. The Bertz CT molecular complexity index is 1180. The SMILES string of the molecule is CCn1c(CCNC(=O)c2cc(S(=O)(=O)NCc3ccco3)ccc2C)n[nH]c1=S. The molecule has 2 heterocycles. The Morgan fingerprint density at radius 1 is 1.33 bits per heavy atom. The van der Waals surface area contributed by atoms with Gasteiger partial charge in [-0.05, 0) is 55.9 Å². The Hall–Kier alpha value is -2.76. The topological polar surface area (TPSA) is 122 Å². The van der Waals surface area contributed by atoms with Gasteiger partial charge in [-0.1, -0.05) is 6.07 Å². The highest BCUT2D eigenvalue weighted by atomic mass is 32.2. The van der Waals surface area contributed by atoms with Crippen molar-refractivity contribution in [2.24, 2.45) is 0 Å². The molecule has 0 bridgehead atoms. The van der Waals surface area contributed by atoms with Gasteiger partial charge in [0.05, 0.1) is 17.7 Å². The Labute approximate surface area is 179 Å². The second-order valence-electron chi connectivity index (χ2n) is 6.58. The summed E-state index contributed by atoms with van der Waals surface area (Å²) in [6.45, 7) is 4.76. The third-order valence-corrected chi connectivity index (χ3v) is 6.28. The maximum Gasteiger partial charge on any atom is 0.251 e. The van der Waals surface area contributed by atoms with Gasteiger partial charge >= 0.3 is 0 Å². The van der Waals surface area contributed by atoms with Gasteiger partial charge in [0.1, 0.15) is 11.6 Å². The number of H-pyrrole nitrogens is 1. The number of aromatic nitrogens is 3. The van der Waals surface area contributed by atoms with Crippen LogP contribution in [0.2, 0.25) is 0 Å². The van der Waals surface area contributed by atoms with Gasteiger partial charge in [-0.25, -0.2) is 13.1 Å². The summed E-state index contributed by atoms with van der Waals surface area (Å²) in [4.78, 5) is 12.7. The number of aromatic amines is 1. The summed E-state index contributed by atoms with van der Waals surface area (Å²) in [6, 6.07) is 7.80. The number of benzene rings is 1. The van der Waals surface area contributed by atoms with Crippen LogP contribution in [-0.2, 0) is 29.5 Å². The van der Waals surface area contributed by atoms with Crippen molar-refractivity contribution in [1.29, 1.82) is 0 Å². The summed E-state index contributed by atoms with van der Waals surface area (Å²) in [7, 11) is -3.80. The number of carbonyl (C=O) groups excluding carboxylic acids is 1. The molecule has 3 rings (SSSR count). The number of rotatable bonds is 9. The molecule has 3 aromatic rings. The minimum absolute atomic E-state index is 0.0108. The lowest BCUT2D eigenvalue weighted by atomic mass is 10.1. The van der Waals surface area contributed by atoms with Crippen molar-refractivity contribution in [1.82, 2.24) is 24.8 Å². The molecule has 1 amide bonds. The van der Waals surface area contributed by atoms with E-state index < -0.39 is 10.0 Å². The number of amides is 1. The zero-order valence-corrected chi connectivity index (χ0v) is 18.3. The number of nitrogens with zero attached hydrogens (tertiary/aromatic N) is 2. The first kappa shape index (κ1) is 21.9. The Kier molecular flexibility index (Phi) is 6.85. The van der Waals surface area contributed by atoms with Crippen LogP contribution in [0.5, 0.6) is 0 Å². The van der Waals surface area contributed by atoms with Crippen molar-refractivity contribution in [3.63, 3.8) is 0 Å². The standard InChI is InChI=1S/C19H23N5O4S2/c1-3-24-17(22-23-19(24)29)8-9-20-18(25)16-11-15(7-6-13(16)2)30(26,27)21-12-14-5-4-10-28-14/h4-7,10-11,21H,3,8-9,12H2,1-2H3,(H,20,25)(H,23,29). The smallest absolute Gasteiger partial charge is 0.251 e. The molecule has 0 radical (unpaired) electrons. The summed E-state index contributed by atoms with van der Waals surface area (Å²) in [6.07, 6.45) is 1.97. The van der Waals surface area contributed by atoms with Crippen LogP contribution in [0.4, 0.5) is 0 Å². The van der Waals surface area contributed by atoms with E-state index in [1.165, 1.54) is 18.4 Å². The zero-order chi connectivity index (χ0) is 21.7. The van der Waals surface area contributed by atoms with Crippen molar-refractivity contribution < 1.29 is 17.6 Å². The van der Waals surface area contributed by atoms with Gasteiger partial charge in [-0.15, -0.1) is 0 Å². The number of hydrogen-bond acceptors (Lipinski definition) is 6. The number of nitrogens with one attached hydrogen (secondary N) is 3. The summed E-state index contributed by atoms with van der Waals surface area (Å²) in [5.74, 6) is 0.888. The molecule has 1 aromatic carbocycles. The van der Waals surface area contributed by atoms with Crippen LogP contribution in [0.3, 0.4) is 0 Å². The van der Waals surface area contributed by atoms with Gasteiger partial charge in [0.25, 0.3) is 5.91 Å². The first-order valence-corrected chi connectivity index (χ1v) is 11.3. The fourth-order valence-corrected chi connectivity index (χ4v) is 4.23. The Morgan fingerprint density at radius 2 is 2.13 bits per heavy atom. The normalized spacial score (nSPS) is 11.5. The number of sulfonamides is 1. The summed E-state index contributed by atoms with van der Waals surface area (Å²) >= 11 is 5.15. The minimum atomic E-state index is -3.80. The lowest BCUT2D eigenvalue weighted by Crippen LogP contribution is -2.28. The average molecular weight is 450 g/mol. The van der Waals surface area contributed by atoms with Gasteiger partial charge in [0.15, 0.2) is 4.77 Å². The number of carbonyl (C=O) groups is 1. The molecule has 0 aliphatic heterocycles. The van der Waals surface area contributed by atoms with Crippen LogP contribution >= 0.6 is 12.2 Å². The maximum atomic E-state index is 12.6. The van der Waals surface area contributed by atoms with E-state index in [1.54, 1.807) is 25.1 Å². The van der Waals surface area contributed by atoms with Crippen LogP contribution in [0.1, 0.15) is 34.4 Å². The van der Waals surface area contributed by atoms with Gasteiger partial charge < -0.3 is 14.3 Å². The van der Waals surface area contributed by atoms with Gasteiger partial charge in [-0.2, -0.15) is 5.10 Å². The molecule has 0 saturated heterocycles. The quantitative estimate of drug-likeness (QED) is 0.431. The number of furan rings is 1. The van der Waals surface area contributed by atoms with E-state index >= 15 is 0 Å². The van der Waals surface area contributed by atoms with Gasteiger partial charge in [-0.3, -0.25) is 9.89 Å². The molecule has 3 N–H and O–H groups in total. The number of hydrogen-bond donors (Lipinski definition) is 3. The Balaban J connectivity index is 1.67. The first-order valence-electron chi connectivity index (χ1n) is 9.37. The largest absolute Gasteiger partial charge is 0.468 e. The van der Waals surface area contributed by atoms with E-state index in [4.69, 9.17) is 16.6 Å².